The Labute approximate surface area is 98.6 Å². The van der Waals surface area contributed by atoms with E-state index in [4.69, 9.17) is 0 Å². The van der Waals surface area contributed by atoms with E-state index in [-0.39, 0.29) is 30.1 Å². The molecule has 0 aliphatic heterocycles. The van der Waals surface area contributed by atoms with Gasteiger partial charge in [-0.1, -0.05) is 6.92 Å². The van der Waals surface area contributed by atoms with Crippen LogP contribution in [-0.2, 0) is 4.79 Å². The smallest absolute Gasteiger partial charge is 0.269 e. The molecule has 17 heavy (non-hydrogen) atoms. The van der Waals surface area contributed by atoms with Gasteiger partial charge >= 0.3 is 0 Å². The molecule has 0 aliphatic rings. The van der Waals surface area contributed by atoms with Crippen molar-refractivity contribution in [2.24, 2.45) is 0 Å². The highest BCUT2D eigenvalue weighted by atomic mass is 16.6. The van der Waals surface area contributed by atoms with Crippen LogP contribution in [0.3, 0.4) is 0 Å². The summed E-state index contributed by atoms with van der Waals surface area (Å²) in [6, 6.07) is 5.40. The number of non-ortho nitro benzene ring substituents is 1. The highest BCUT2D eigenvalue weighted by Crippen LogP contribution is 2.14. The molecule has 0 fully saturated rings. The van der Waals surface area contributed by atoms with Crippen LogP contribution in [0.4, 0.5) is 5.69 Å². The number of ketones is 2. The van der Waals surface area contributed by atoms with Crippen LogP contribution < -0.4 is 0 Å². The lowest BCUT2D eigenvalue weighted by Gasteiger charge is -1.99. The fourth-order valence-corrected chi connectivity index (χ4v) is 1.34. The number of carbonyl (C=O) groups excluding carboxylic acids is 2. The van der Waals surface area contributed by atoms with Crippen molar-refractivity contribution in [1.82, 2.24) is 0 Å². The fourth-order valence-electron chi connectivity index (χ4n) is 1.34. The summed E-state index contributed by atoms with van der Waals surface area (Å²) in [7, 11) is 0. The molecule has 0 saturated carbocycles. The molecular weight excluding hydrogens is 222 g/mol. The minimum Gasteiger partial charge on any atom is -0.300 e. The Kier molecular flexibility index (Phi) is 4.51. The number of hydrogen-bond donors (Lipinski definition) is 0. The molecule has 0 N–H and O–H groups in total. The Morgan fingerprint density at radius 2 is 1.76 bits per heavy atom. The maximum absolute atomic E-state index is 11.6. The van der Waals surface area contributed by atoms with E-state index in [9.17, 15) is 19.7 Å². The molecule has 0 saturated heterocycles. The van der Waals surface area contributed by atoms with Crippen LogP contribution in [0.25, 0.3) is 0 Å². The van der Waals surface area contributed by atoms with Gasteiger partial charge in [-0.15, -0.1) is 0 Å². The van der Waals surface area contributed by atoms with Crippen LogP contribution in [0.15, 0.2) is 24.3 Å². The summed E-state index contributed by atoms with van der Waals surface area (Å²) in [6.07, 6.45) is 0.810. The lowest BCUT2D eigenvalue weighted by Crippen LogP contribution is -2.03. The van der Waals surface area contributed by atoms with Gasteiger partial charge in [0.1, 0.15) is 5.78 Å². The Balaban J connectivity index is 2.64. The lowest BCUT2D eigenvalue weighted by atomic mass is 10.0. The Bertz CT molecular complexity index is 436. The number of nitro benzene ring substituents is 1. The molecule has 1 aromatic rings. The van der Waals surface area contributed by atoms with E-state index >= 15 is 0 Å². The predicted octanol–water partition coefficient (Wildman–Crippen LogP) is 2.54. The van der Waals surface area contributed by atoms with Crippen molar-refractivity contribution >= 4 is 17.3 Å². The van der Waals surface area contributed by atoms with Crippen molar-refractivity contribution in [2.75, 3.05) is 0 Å². The third kappa shape index (κ3) is 3.79. The predicted molar refractivity (Wildman–Crippen MR) is 62.0 cm³/mol. The minimum atomic E-state index is -0.519. The first-order chi connectivity index (χ1) is 8.04. The molecule has 5 nitrogen and oxygen atoms in total. The normalized spacial score (nSPS) is 9.94. The zero-order valence-electron chi connectivity index (χ0n) is 9.51. The fraction of sp³-hybridized carbons (Fsp3) is 0.333. The molecule has 0 atom stereocenters. The summed E-state index contributed by atoms with van der Waals surface area (Å²) in [4.78, 5) is 32.6. The topological polar surface area (TPSA) is 77.3 Å². The SMILES string of the molecule is CCC(=O)CCC(=O)c1ccc([N+](=O)[O-])cc1. The van der Waals surface area contributed by atoms with Crippen LogP contribution >= 0.6 is 0 Å². The Hall–Kier alpha value is -2.04. The van der Waals surface area contributed by atoms with Crippen molar-refractivity contribution in [1.29, 1.82) is 0 Å². The molecule has 0 unspecified atom stereocenters. The second-order valence-electron chi connectivity index (χ2n) is 3.62. The van der Waals surface area contributed by atoms with Gasteiger partial charge in [-0.2, -0.15) is 0 Å². The molecule has 0 heterocycles. The van der Waals surface area contributed by atoms with E-state index in [2.05, 4.69) is 0 Å². The van der Waals surface area contributed by atoms with Crippen LogP contribution in [0.5, 0.6) is 0 Å². The van der Waals surface area contributed by atoms with Crippen LogP contribution in [0.1, 0.15) is 36.5 Å². The average molecular weight is 235 g/mol. The molecule has 90 valence electrons. The van der Waals surface area contributed by atoms with Gasteiger partial charge < -0.3 is 0 Å². The highest BCUT2D eigenvalue weighted by Gasteiger charge is 2.10. The number of nitro groups is 1. The van der Waals surface area contributed by atoms with Crippen molar-refractivity contribution < 1.29 is 14.5 Å². The number of Topliss-reactive ketones (excluding diaryl/α,β-unsaturated/α-hetero) is 2. The van der Waals surface area contributed by atoms with Gasteiger partial charge in [-0.05, 0) is 12.1 Å². The first kappa shape index (κ1) is 13.0. The lowest BCUT2D eigenvalue weighted by molar-refractivity contribution is -0.384. The standard InChI is InChI=1S/C12H13NO4/c1-2-11(14)7-8-12(15)9-3-5-10(6-4-9)13(16)17/h3-6H,2,7-8H2,1H3. The first-order valence-corrected chi connectivity index (χ1v) is 5.34. The Morgan fingerprint density at radius 3 is 2.24 bits per heavy atom. The molecule has 0 spiro atoms. The summed E-state index contributed by atoms with van der Waals surface area (Å²) in [5.74, 6) is -0.123. The molecule has 1 rings (SSSR count). The van der Waals surface area contributed by atoms with E-state index < -0.39 is 4.92 Å². The number of carbonyl (C=O) groups is 2. The Morgan fingerprint density at radius 1 is 1.18 bits per heavy atom. The third-order valence-corrected chi connectivity index (χ3v) is 2.43. The molecule has 0 aromatic heterocycles. The second kappa shape index (κ2) is 5.89. The summed E-state index contributed by atoms with van der Waals surface area (Å²) in [5, 5.41) is 10.4. The van der Waals surface area contributed by atoms with Crippen LogP contribution in [0, 0.1) is 10.1 Å². The molecule has 0 bridgehead atoms. The largest absolute Gasteiger partial charge is 0.300 e. The highest BCUT2D eigenvalue weighted by molar-refractivity contribution is 5.98. The van der Waals surface area contributed by atoms with Gasteiger partial charge in [0, 0.05) is 37.0 Å². The average Bonchev–Trinajstić information content (AvgIpc) is 2.35. The summed E-state index contributed by atoms with van der Waals surface area (Å²) < 4.78 is 0. The quantitative estimate of drug-likeness (QED) is 0.431. The maximum Gasteiger partial charge on any atom is 0.269 e. The zero-order chi connectivity index (χ0) is 12.8. The third-order valence-electron chi connectivity index (χ3n) is 2.43. The van der Waals surface area contributed by atoms with Gasteiger partial charge in [0.25, 0.3) is 5.69 Å². The molecule has 1 aromatic carbocycles. The van der Waals surface area contributed by atoms with Crippen molar-refractivity contribution in [2.45, 2.75) is 26.2 Å². The molecule has 0 radical (unpaired) electrons. The van der Waals surface area contributed by atoms with Gasteiger partial charge in [0.05, 0.1) is 4.92 Å². The number of nitrogens with zero attached hydrogens (tertiary/aromatic N) is 1. The molecular formula is C12H13NO4. The zero-order valence-corrected chi connectivity index (χ0v) is 9.51. The maximum atomic E-state index is 11.6. The first-order valence-electron chi connectivity index (χ1n) is 5.34. The van der Waals surface area contributed by atoms with Crippen molar-refractivity contribution in [3.05, 3.63) is 39.9 Å². The minimum absolute atomic E-state index is 0.0419. The molecule has 5 heteroatoms. The van der Waals surface area contributed by atoms with Crippen molar-refractivity contribution in [3.8, 4) is 0 Å². The van der Waals surface area contributed by atoms with Gasteiger partial charge in [-0.3, -0.25) is 19.7 Å². The second-order valence-corrected chi connectivity index (χ2v) is 3.62. The van der Waals surface area contributed by atoms with Gasteiger partial charge in [0.2, 0.25) is 0 Å². The van der Waals surface area contributed by atoms with Crippen LogP contribution in [-0.4, -0.2) is 16.5 Å². The van der Waals surface area contributed by atoms with E-state index in [0.29, 0.717) is 12.0 Å². The van der Waals surface area contributed by atoms with Gasteiger partial charge in [0.15, 0.2) is 5.78 Å². The number of benzene rings is 1. The summed E-state index contributed by atoms with van der Waals surface area (Å²) in [5.41, 5.74) is 0.352. The summed E-state index contributed by atoms with van der Waals surface area (Å²) in [6.45, 7) is 1.75. The van der Waals surface area contributed by atoms with E-state index in [1.54, 1.807) is 6.92 Å². The van der Waals surface area contributed by atoms with E-state index in [0.717, 1.165) is 0 Å². The monoisotopic (exact) mass is 235 g/mol. The van der Waals surface area contributed by atoms with Crippen molar-refractivity contribution in [3.63, 3.8) is 0 Å². The molecule has 0 amide bonds. The van der Waals surface area contributed by atoms with E-state index in [1.807, 2.05) is 0 Å². The van der Waals surface area contributed by atoms with Crippen LogP contribution in [0.2, 0.25) is 0 Å². The number of rotatable bonds is 6. The van der Waals surface area contributed by atoms with E-state index in [1.165, 1.54) is 24.3 Å². The van der Waals surface area contributed by atoms with Gasteiger partial charge in [-0.25, -0.2) is 0 Å². The summed E-state index contributed by atoms with van der Waals surface area (Å²) >= 11 is 0. The number of hydrogen-bond acceptors (Lipinski definition) is 4. The molecule has 0 aliphatic carbocycles.